The average Bonchev–Trinajstić information content (AvgIpc) is 2.54. The summed E-state index contributed by atoms with van der Waals surface area (Å²) in [5, 5.41) is 3.38. The quantitative estimate of drug-likeness (QED) is 0.811. The van der Waals surface area contributed by atoms with Crippen LogP contribution in [0.2, 0.25) is 0 Å². The molecule has 0 amide bonds. The number of anilines is 1. The Morgan fingerprint density at radius 2 is 2.19 bits per heavy atom. The van der Waals surface area contributed by atoms with Crippen molar-refractivity contribution in [2.24, 2.45) is 0 Å². The molecule has 0 saturated heterocycles. The number of carbonyl (C=O) groups is 1. The highest BCUT2D eigenvalue weighted by atomic mass is 32.2. The Labute approximate surface area is 131 Å². The zero-order chi connectivity index (χ0) is 15.1. The van der Waals surface area contributed by atoms with Gasteiger partial charge in [0.05, 0.1) is 6.61 Å². The molecule has 1 aromatic rings. The van der Waals surface area contributed by atoms with Gasteiger partial charge in [0.1, 0.15) is 11.4 Å². The van der Waals surface area contributed by atoms with E-state index in [1.54, 1.807) is 18.3 Å². The molecule has 1 N–H and O–H groups in total. The highest BCUT2D eigenvalue weighted by molar-refractivity contribution is 8.00. The third kappa shape index (κ3) is 4.13. The van der Waals surface area contributed by atoms with Gasteiger partial charge >= 0.3 is 5.97 Å². The van der Waals surface area contributed by atoms with E-state index in [-0.39, 0.29) is 10.7 Å². The largest absolute Gasteiger partial charge is 0.462 e. The predicted octanol–water partition coefficient (Wildman–Crippen LogP) is 3.74. The van der Waals surface area contributed by atoms with Gasteiger partial charge in [-0.1, -0.05) is 19.3 Å². The van der Waals surface area contributed by atoms with Crippen molar-refractivity contribution in [3.05, 3.63) is 23.9 Å². The summed E-state index contributed by atoms with van der Waals surface area (Å²) >= 11 is 1.93. The molecule has 2 rings (SSSR count). The van der Waals surface area contributed by atoms with Crippen molar-refractivity contribution >= 4 is 23.5 Å². The van der Waals surface area contributed by atoms with Crippen molar-refractivity contribution in [2.45, 2.75) is 43.8 Å². The maximum Gasteiger partial charge on any atom is 0.341 e. The number of esters is 1. The van der Waals surface area contributed by atoms with Crippen LogP contribution < -0.4 is 5.32 Å². The van der Waals surface area contributed by atoms with Gasteiger partial charge in [-0.2, -0.15) is 11.8 Å². The average molecular weight is 308 g/mol. The van der Waals surface area contributed by atoms with E-state index in [2.05, 4.69) is 16.6 Å². The molecule has 116 valence electrons. The van der Waals surface area contributed by atoms with Crippen molar-refractivity contribution in [1.82, 2.24) is 4.98 Å². The summed E-state index contributed by atoms with van der Waals surface area (Å²) in [6.45, 7) is 3.03. The number of hydrogen-bond acceptors (Lipinski definition) is 5. The zero-order valence-corrected chi connectivity index (χ0v) is 13.7. The van der Waals surface area contributed by atoms with E-state index in [9.17, 15) is 4.79 Å². The molecule has 1 heterocycles. The molecule has 0 unspecified atom stereocenters. The van der Waals surface area contributed by atoms with E-state index in [0.29, 0.717) is 18.0 Å². The fraction of sp³-hybridized carbons (Fsp3) is 0.625. The first-order chi connectivity index (χ1) is 10.2. The maximum absolute atomic E-state index is 12.0. The van der Waals surface area contributed by atoms with E-state index < -0.39 is 0 Å². The molecular formula is C16H24N2O2S. The van der Waals surface area contributed by atoms with Gasteiger partial charge < -0.3 is 10.1 Å². The minimum absolute atomic E-state index is 0.266. The van der Waals surface area contributed by atoms with Gasteiger partial charge in [0.15, 0.2) is 0 Å². The Morgan fingerprint density at radius 1 is 1.43 bits per heavy atom. The fourth-order valence-corrected chi connectivity index (χ4v) is 3.73. The highest BCUT2D eigenvalue weighted by Crippen LogP contribution is 2.38. The second kappa shape index (κ2) is 7.69. The normalized spacial score (nSPS) is 17.2. The lowest BCUT2D eigenvalue weighted by molar-refractivity contribution is 0.0527. The van der Waals surface area contributed by atoms with Crippen molar-refractivity contribution in [2.75, 3.05) is 24.7 Å². The number of pyridine rings is 1. The van der Waals surface area contributed by atoms with E-state index in [1.807, 2.05) is 18.7 Å². The summed E-state index contributed by atoms with van der Waals surface area (Å²) in [7, 11) is 0. The molecule has 0 aliphatic heterocycles. The second-order valence-corrected chi connectivity index (χ2v) is 6.70. The third-order valence-electron chi connectivity index (χ3n) is 4.08. The monoisotopic (exact) mass is 308 g/mol. The summed E-state index contributed by atoms with van der Waals surface area (Å²) in [6.07, 6.45) is 10.2. The molecule has 1 fully saturated rings. The summed E-state index contributed by atoms with van der Waals surface area (Å²) in [5.41, 5.74) is 0.520. The second-order valence-electron chi connectivity index (χ2n) is 5.42. The summed E-state index contributed by atoms with van der Waals surface area (Å²) in [4.78, 5) is 16.3. The number of carbonyl (C=O) groups excluding carboxylic acids is 1. The van der Waals surface area contributed by atoms with Crippen LogP contribution in [0.15, 0.2) is 18.3 Å². The maximum atomic E-state index is 12.0. The minimum Gasteiger partial charge on any atom is -0.462 e. The lowest BCUT2D eigenvalue weighted by Gasteiger charge is -2.36. The van der Waals surface area contributed by atoms with Crippen molar-refractivity contribution < 1.29 is 9.53 Å². The van der Waals surface area contributed by atoms with Crippen LogP contribution in [-0.2, 0) is 4.74 Å². The predicted molar refractivity (Wildman–Crippen MR) is 88.0 cm³/mol. The number of hydrogen-bond donors (Lipinski definition) is 1. The van der Waals surface area contributed by atoms with Gasteiger partial charge in [0, 0.05) is 17.5 Å². The molecule has 0 bridgehead atoms. The Balaban J connectivity index is 2.07. The standard InChI is InChI=1S/C16H24N2O2S/c1-3-20-15(19)13-8-7-11-17-14(13)18-12-16(21-2)9-5-4-6-10-16/h7-8,11H,3-6,9-10,12H2,1-2H3,(H,17,18). The lowest BCUT2D eigenvalue weighted by atomic mass is 9.88. The van der Waals surface area contributed by atoms with E-state index in [4.69, 9.17) is 4.74 Å². The van der Waals surface area contributed by atoms with Crippen LogP contribution in [0.25, 0.3) is 0 Å². The molecule has 0 atom stereocenters. The molecule has 0 aromatic carbocycles. The SMILES string of the molecule is CCOC(=O)c1cccnc1NCC1(SC)CCCCC1. The molecule has 0 radical (unpaired) electrons. The third-order valence-corrected chi connectivity index (χ3v) is 5.50. The zero-order valence-electron chi connectivity index (χ0n) is 12.9. The minimum atomic E-state index is -0.310. The van der Waals surface area contributed by atoms with Crippen LogP contribution in [-0.4, -0.2) is 35.1 Å². The molecule has 1 aromatic heterocycles. The summed E-state index contributed by atoms with van der Waals surface area (Å²) in [6, 6.07) is 3.53. The summed E-state index contributed by atoms with van der Waals surface area (Å²) in [5.74, 6) is 0.324. The number of nitrogens with zero attached hydrogens (tertiary/aromatic N) is 1. The number of thioether (sulfide) groups is 1. The van der Waals surface area contributed by atoms with Crippen molar-refractivity contribution in [3.63, 3.8) is 0 Å². The van der Waals surface area contributed by atoms with Crippen molar-refractivity contribution in [1.29, 1.82) is 0 Å². The Hall–Kier alpha value is -1.23. The van der Waals surface area contributed by atoms with Crippen LogP contribution in [0.1, 0.15) is 49.4 Å². The molecule has 21 heavy (non-hydrogen) atoms. The molecule has 5 heteroatoms. The Bertz CT molecular complexity index is 473. The van der Waals surface area contributed by atoms with Crippen LogP contribution in [0, 0.1) is 0 Å². The number of ether oxygens (including phenoxy) is 1. The topological polar surface area (TPSA) is 51.2 Å². The van der Waals surface area contributed by atoms with Gasteiger partial charge in [-0.25, -0.2) is 9.78 Å². The van der Waals surface area contributed by atoms with Crippen LogP contribution in [0.5, 0.6) is 0 Å². The van der Waals surface area contributed by atoms with E-state index in [1.165, 1.54) is 32.1 Å². The number of rotatable bonds is 6. The molecule has 4 nitrogen and oxygen atoms in total. The van der Waals surface area contributed by atoms with Crippen LogP contribution in [0.3, 0.4) is 0 Å². The first kappa shape index (κ1) is 16.1. The Morgan fingerprint density at radius 3 is 2.86 bits per heavy atom. The van der Waals surface area contributed by atoms with Crippen LogP contribution in [0.4, 0.5) is 5.82 Å². The molecular weight excluding hydrogens is 284 g/mol. The molecule has 0 spiro atoms. The first-order valence-corrected chi connectivity index (χ1v) is 8.84. The van der Waals surface area contributed by atoms with Gasteiger partial charge in [0.2, 0.25) is 0 Å². The lowest BCUT2D eigenvalue weighted by Crippen LogP contribution is -2.36. The van der Waals surface area contributed by atoms with E-state index in [0.717, 1.165) is 6.54 Å². The highest BCUT2D eigenvalue weighted by Gasteiger charge is 2.31. The smallest absolute Gasteiger partial charge is 0.341 e. The summed E-state index contributed by atoms with van der Waals surface area (Å²) < 4.78 is 5.35. The fourth-order valence-electron chi connectivity index (χ4n) is 2.81. The van der Waals surface area contributed by atoms with Gasteiger partial charge in [-0.15, -0.1) is 0 Å². The molecule has 1 saturated carbocycles. The van der Waals surface area contributed by atoms with E-state index >= 15 is 0 Å². The van der Waals surface area contributed by atoms with Crippen molar-refractivity contribution in [3.8, 4) is 0 Å². The molecule has 1 aliphatic rings. The Kier molecular flexibility index (Phi) is 5.91. The van der Waals surface area contributed by atoms with Gasteiger partial charge in [-0.3, -0.25) is 0 Å². The molecule has 1 aliphatic carbocycles. The van der Waals surface area contributed by atoms with Gasteiger partial charge in [0.25, 0.3) is 0 Å². The van der Waals surface area contributed by atoms with Crippen LogP contribution >= 0.6 is 11.8 Å². The van der Waals surface area contributed by atoms with Gasteiger partial charge in [-0.05, 0) is 38.2 Å². The number of aromatic nitrogens is 1. The number of nitrogens with one attached hydrogen (secondary N) is 1. The first-order valence-electron chi connectivity index (χ1n) is 7.62.